The summed E-state index contributed by atoms with van der Waals surface area (Å²) in [5, 5.41) is 8.74. The first kappa shape index (κ1) is 11.6. The largest absolute Gasteiger partial charge is 0.477 e. The van der Waals surface area contributed by atoms with Crippen molar-refractivity contribution >= 4 is 27.3 Å². The van der Waals surface area contributed by atoms with Gasteiger partial charge in [0.1, 0.15) is 4.88 Å². The van der Waals surface area contributed by atoms with Crippen LogP contribution in [0.25, 0.3) is 0 Å². The van der Waals surface area contributed by atoms with Crippen LogP contribution in [0, 0.1) is 0 Å². The highest BCUT2D eigenvalue weighted by Crippen LogP contribution is 2.22. The quantitative estimate of drug-likeness (QED) is 0.880. The summed E-state index contributed by atoms with van der Waals surface area (Å²) in [5.41, 5.74) is 0. The summed E-state index contributed by atoms with van der Waals surface area (Å²) in [6, 6.07) is 3.17. The van der Waals surface area contributed by atoms with Crippen LogP contribution < -0.4 is 0 Å². The Bertz CT molecular complexity index is 505. The number of rotatable bonds is 3. The number of carboxylic acids is 1. The van der Waals surface area contributed by atoms with Gasteiger partial charge in [0.25, 0.3) is 0 Å². The Morgan fingerprint density at radius 3 is 2.75 bits per heavy atom. The molecule has 0 saturated carbocycles. The molecule has 7 heteroatoms. The van der Waals surface area contributed by atoms with Crippen molar-refractivity contribution in [1.82, 2.24) is 4.31 Å². The van der Waals surface area contributed by atoms with E-state index >= 15 is 0 Å². The number of sulfonamides is 1. The van der Waals surface area contributed by atoms with Crippen LogP contribution in [0.4, 0.5) is 0 Å². The van der Waals surface area contributed by atoms with E-state index in [2.05, 4.69) is 0 Å². The molecule has 1 saturated heterocycles. The molecular formula is C9H11NO4S2. The Morgan fingerprint density at radius 1 is 1.50 bits per heavy atom. The van der Waals surface area contributed by atoms with Crippen LogP contribution in [-0.2, 0) is 16.6 Å². The highest BCUT2D eigenvalue weighted by Gasteiger charge is 2.28. The lowest BCUT2D eigenvalue weighted by atomic mass is 10.4. The topological polar surface area (TPSA) is 74.7 Å². The smallest absolute Gasteiger partial charge is 0.345 e. The van der Waals surface area contributed by atoms with Gasteiger partial charge in [-0.25, -0.2) is 13.2 Å². The van der Waals surface area contributed by atoms with E-state index in [9.17, 15) is 13.2 Å². The van der Waals surface area contributed by atoms with Gasteiger partial charge in [-0.05, 0) is 18.6 Å². The average Bonchev–Trinajstić information content (AvgIpc) is 2.75. The Balaban J connectivity index is 2.12. The summed E-state index contributed by atoms with van der Waals surface area (Å²) in [4.78, 5) is 11.7. The van der Waals surface area contributed by atoms with Gasteiger partial charge >= 0.3 is 5.97 Å². The van der Waals surface area contributed by atoms with Crippen LogP contribution in [0.2, 0.25) is 0 Å². The number of carbonyl (C=O) groups is 1. The maximum Gasteiger partial charge on any atom is 0.345 e. The summed E-state index contributed by atoms with van der Waals surface area (Å²) in [5.74, 6) is -0.773. The van der Waals surface area contributed by atoms with Crippen LogP contribution in [0.5, 0.6) is 0 Å². The number of nitrogens with zero attached hydrogens (tertiary/aromatic N) is 1. The molecule has 0 atom stereocenters. The van der Waals surface area contributed by atoms with Crippen LogP contribution in [0.1, 0.15) is 21.0 Å². The van der Waals surface area contributed by atoms with E-state index in [1.54, 1.807) is 6.07 Å². The van der Waals surface area contributed by atoms with Gasteiger partial charge in [-0.15, -0.1) is 11.3 Å². The van der Waals surface area contributed by atoms with Crippen molar-refractivity contribution in [2.75, 3.05) is 12.3 Å². The van der Waals surface area contributed by atoms with Gasteiger partial charge in [0.05, 0.1) is 5.75 Å². The minimum absolute atomic E-state index is 0.199. The Morgan fingerprint density at radius 2 is 2.25 bits per heavy atom. The molecule has 1 fully saturated rings. The van der Waals surface area contributed by atoms with E-state index in [-0.39, 0.29) is 10.6 Å². The van der Waals surface area contributed by atoms with E-state index < -0.39 is 16.0 Å². The molecule has 88 valence electrons. The molecule has 1 N–H and O–H groups in total. The number of thiophene rings is 1. The minimum atomic E-state index is -3.10. The molecule has 0 unspecified atom stereocenters. The molecule has 1 aliphatic rings. The summed E-state index contributed by atoms with van der Waals surface area (Å²) < 4.78 is 24.4. The van der Waals surface area contributed by atoms with Crippen molar-refractivity contribution in [3.05, 3.63) is 21.9 Å². The minimum Gasteiger partial charge on any atom is -0.477 e. The van der Waals surface area contributed by atoms with E-state index in [1.165, 1.54) is 10.4 Å². The number of aromatic carboxylic acids is 1. The van der Waals surface area contributed by atoms with Crippen molar-refractivity contribution in [3.8, 4) is 0 Å². The number of hydrogen-bond acceptors (Lipinski definition) is 4. The molecule has 0 spiro atoms. The van der Waals surface area contributed by atoms with Gasteiger partial charge in [0, 0.05) is 18.0 Å². The van der Waals surface area contributed by atoms with Gasteiger partial charge in [0.2, 0.25) is 10.0 Å². The fraction of sp³-hybridized carbons (Fsp3) is 0.444. The Labute approximate surface area is 97.4 Å². The summed E-state index contributed by atoms with van der Waals surface area (Å²) in [6.45, 7) is 0.822. The fourth-order valence-electron chi connectivity index (χ4n) is 1.62. The molecule has 0 amide bonds. The summed E-state index contributed by atoms with van der Waals surface area (Å²) >= 11 is 1.12. The van der Waals surface area contributed by atoms with E-state index in [0.717, 1.165) is 16.2 Å². The standard InChI is InChI=1S/C9H11NO4S2/c11-9(12)8-3-2-7(15-8)6-10-4-1-5-16(10,13)14/h2-3H,1,4-6H2,(H,11,12). The highest BCUT2D eigenvalue weighted by molar-refractivity contribution is 7.89. The van der Waals surface area contributed by atoms with Crippen LogP contribution in [0.15, 0.2) is 12.1 Å². The van der Waals surface area contributed by atoms with Crippen LogP contribution in [-0.4, -0.2) is 36.1 Å². The maximum absolute atomic E-state index is 11.5. The Kier molecular flexibility index (Phi) is 3.00. The Hall–Kier alpha value is -0.920. The first-order valence-electron chi connectivity index (χ1n) is 4.79. The summed E-state index contributed by atoms with van der Waals surface area (Å²) in [6.07, 6.45) is 0.652. The van der Waals surface area contributed by atoms with Gasteiger partial charge in [-0.1, -0.05) is 0 Å². The lowest BCUT2D eigenvalue weighted by molar-refractivity contribution is 0.0702. The number of carboxylic acid groups (broad SMARTS) is 1. The third-order valence-electron chi connectivity index (χ3n) is 2.41. The third-order valence-corrected chi connectivity index (χ3v) is 5.37. The van der Waals surface area contributed by atoms with Crippen molar-refractivity contribution in [1.29, 1.82) is 0 Å². The second-order valence-electron chi connectivity index (χ2n) is 3.57. The van der Waals surface area contributed by atoms with E-state index in [4.69, 9.17) is 5.11 Å². The molecule has 0 radical (unpaired) electrons. The predicted molar refractivity (Wildman–Crippen MR) is 60.1 cm³/mol. The van der Waals surface area contributed by atoms with Crippen LogP contribution >= 0.6 is 11.3 Å². The zero-order chi connectivity index (χ0) is 11.8. The molecule has 0 aliphatic carbocycles. The molecule has 1 aromatic rings. The molecule has 2 rings (SSSR count). The van der Waals surface area contributed by atoms with Gasteiger partial charge in [-0.2, -0.15) is 4.31 Å². The van der Waals surface area contributed by atoms with Gasteiger partial charge in [-0.3, -0.25) is 0 Å². The lowest BCUT2D eigenvalue weighted by Gasteiger charge is -2.12. The SMILES string of the molecule is O=C(O)c1ccc(CN2CCCS2(=O)=O)s1. The molecule has 0 bridgehead atoms. The average molecular weight is 261 g/mol. The predicted octanol–water partition coefficient (Wildman–Crippen LogP) is 0.982. The van der Waals surface area contributed by atoms with Gasteiger partial charge in [0.15, 0.2) is 0 Å². The van der Waals surface area contributed by atoms with Crippen molar-refractivity contribution in [3.63, 3.8) is 0 Å². The van der Waals surface area contributed by atoms with E-state index in [1.807, 2.05) is 0 Å². The molecule has 1 aromatic heterocycles. The fourth-order valence-corrected chi connectivity index (χ4v) is 4.06. The van der Waals surface area contributed by atoms with E-state index in [0.29, 0.717) is 19.5 Å². The van der Waals surface area contributed by atoms with Crippen LogP contribution in [0.3, 0.4) is 0 Å². The van der Waals surface area contributed by atoms with Crippen molar-refractivity contribution in [2.24, 2.45) is 0 Å². The third kappa shape index (κ3) is 2.26. The first-order chi connectivity index (χ1) is 7.49. The molecule has 5 nitrogen and oxygen atoms in total. The molecule has 1 aliphatic heterocycles. The lowest BCUT2D eigenvalue weighted by Crippen LogP contribution is -2.24. The van der Waals surface area contributed by atoms with Gasteiger partial charge < -0.3 is 5.11 Å². The molecular weight excluding hydrogens is 250 g/mol. The zero-order valence-electron chi connectivity index (χ0n) is 8.42. The first-order valence-corrected chi connectivity index (χ1v) is 7.21. The summed E-state index contributed by atoms with van der Waals surface area (Å²) in [7, 11) is -3.10. The van der Waals surface area contributed by atoms with Crippen molar-refractivity contribution in [2.45, 2.75) is 13.0 Å². The molecule has 2 heterocycles. The zero-order valence-corrected chi connectivity index (χ0v) is 10.1. The molecule has 0 aromatic carbocycles. The normalized spacial score (nSPS) is 20.0. The second kappa shape index (κ2) is 4.15. The highest BCUT2D eigenvalue weighted by atomic mass is 32.2. The number of hydrogen-bond donors (Lipinski definition) is 1. The maximum atomic E-state index is 11.5. The monoisotopic (exact) mass is 261 g/mol. The second-order valence-corrected chi connectivity index (χ2v) is 6.83. The molecule has 16 heavy (non-hydrogen) atoms. The van der Waals surface area contributed by atoms with Crippen molar-refractivity contribution < 1.29 is 18.3 Å².